The first-order valence-corrected chi connectivity index (χ1v) is 10.7. The number of nitrogens with zero attached hydrogens (tertiary/aromatic N) is 2. The van der Waals surface area contributed by atoms with Crippen LogP contribution in [0.25, 0.3) is 10.8 Å². The van der Waals surface area contributed by atoms with Gasteiger partial charge in [0.05, 0.1) is 5.75 Å². The SMILES string of the molecule is CCS(=O)(=O)N1CCC(C(=O)N(C)Cc2cccc3ccccc23)CC1. The van der Waals surface area contributed by atoms with E-state index in [-0.39, 0.29) is 17.6 Å². The lowest BCUT2D eigenvalue weighted by molar-refractivity contribution is -0.135. The molecular weight excluding hydrogens is 348 g/mol. The van der Waals surface area contributed by atoms with E-state index in [1.54, 1.807) is 11.8 Å². The Balaban J connectivity index is 1.65. The van der Waals surface area contributed by atoms with Crippen molar-refractivity contribution in [3.05, 3.63) is 48.0 Å². The van der Waals surface area contributed by atoms with Crippen LogP contribution in [-0.2, 0) is 21.4 Å². The molecule has 6 heteroatoms. The largest absolute Gasteiger partial charge is 0.341 e. The van der Waals surface area contributed by atoms with Crippen LogP contribution in [0.1, 0.15) is 25.3 Å². The maximum Gasteiger partial charge on any atom is 0.225 e. The first-order chi connectivity index (χ1) is 12.4. The second kappa shape index (κ2) is 7.76. The molecule has 1 saturated heterocycles. The molecule has 2 aromatic rings. The fourth-order valence-corrected chi connectivity index (χ4v) is 4.77. The second-order valence-corrected chi connectivity index (χ2v) is 9.16. The average molecular weight is 375 g/mol. The molecule has 1 fully saturated rings. The molecule has 1 aliphatic rings. The van der Waals surface area contributed by atoms with Gasteiger partial charge in [0.1, 0.15) is 0 Å². The Labute approximate surface area is 155 Å². The summed E-state index contributed by atoms with van der Waals surface area (Å²) in [6.45, 7) is 3.10. The van der Waals surface area contributed by atoms with Gasteiger partial charge in [-0.05, 0) is 36.1 Å². The summed E-state index contributed by atoms with van der Waals surface area (Å²) in [5.41, 5.74) is 1.13. The van der Waals surface area contributed by atoms with Crippen LogP contribution in [0.2, 0.25) is 0 Å². The Hall–Kier alpha value is -1.92. The highest BCUT2D eigenvalue weighted by molar-refractivity contribution is 7.89. The fourth-order valence-electron chi connectivity index (χ4n) is 3.64. The lowest BCUT2D eigenvalue weighted by Crippen LogP contribution is -2.43. The molecule has 3 rings (SSSR count). The van der Waals surface area contributed by atoms with Crippen LogP contribution in [0.15, 0.2) is 42.5 Å². The van der Waals surface area contributed by atoms with Crippen molar-refractivity contribution in [1.82, 2.24) is 9.21 Å². The van der Waals surface area contributed by atoms with Gasteiger partial charge in [0.2, 0.25) is 15.9 Å². The van der Waals surface area contributed by atoms with Crippen molar-refractivity contribution in [3.8, 4) is 0 Å². The van der Waals surface area contributed by atoms with Crippen molar-refractivity contribution >= 4 is 26.7 Å². The third-order valence-corrected chi connectivity index (χ3v) is 7.11. The first kappa shape index (κ1) is 18.9. The molecule has 5 nitrogen and oxygen atoms in total. The molecule has 0 aliphatic carbocycles. The van der Waals surface area contributed by atoms with E-state index in [9.17, 15) is 13.2 Å². The van der Waals surface area contributed by atoms with Crippen LogP contribution in [-0.4, -0.2) is 49.4 Å². The summed E-state index contributed by atoms with van der Waals surface area (Å²) in [5, 5.41) is 2.34. The summed E-state index contributed by atoms with van der Waals surface area (Å²) in [6.07, 6.45) is 1.19. The zero-order chi connectivity index (χ0) is 18.7. The highest BCUT2D eigenvalue weighted by atomic mass is 32.2. The average Bonchev–Trinajstić information content (AvgIpc) is 2.67. The molecule has 1 aliphatic heterocycles. The molecule has 0 aromatic heterocycles. The Morgan fingerprint density at radius 3 is 2.46 bits per heavy atom. The first-order valence-electron chi connectivity index (χ1n) is 9.12. The van der Waals surface area contributed by atoms with Crippen LogP contribution in [0.3, 0.4) is 0 Å². The Morgan fingerprint density at radius 2 is 1.77 bits per heavy atom. The number of carbonyl (C=O) groups excluding carboxylic acids is 1. The quantitative estimate of drug-likeness (QED) is 0.809. The Kier molecular flexibility index (Phi) is 5.63. The monoisotopic (exact) mass is 374 g/mol. The lowest BCUT2D eigenvalue weighted by atomic mass is 9.96. The molecule has 0 radical (unpaired) electrons. The molecule has 0 bridgehead atoms. The van der Waals surface area contributed by atoms with E-state index in [2.05, 4.69) is 24.3 Å². The van der Waals surface area contributed by atoms with Gasteiger partial charge in [-0.1, -0.05) is 42.5 Å². The molecule has 0 unspecified atom stereocenters. The van der Waals surface area contributed by atoms with Gasteiger partial charge in [0.15, 0.2) is 0 Å². The van der Waals surface area contributed by atoms with Crippen molar-refractivity contribution in [3.63, 3.8) is 0 Å². The summed E-state index contributed by atoms with van der Waals surface area (Å²) in [7, 11) is -1.32. The number of rotatable bonds is 5. The molecule has 1 amide bonds. The maximum atomic E-state index is 12.8. The molecule has 2 aromatic carbocycles. The normalized spacial score (nSPS) is 16.7. The highest BCUT2D eigenvalue weighted by Gasteiger charge is 2.31. The standard InChI is InChI=1S/C20H26N2O3S/c1-3-26(24,25)22-13-11-17(12-14-22)20(23)21(2)15-18-9-6-8-16-7-4-5-10-19(16)18/h4-10,17H,3,11-15H2,1-2H3. The number of benzene rings is 2. The van der Waals surface area contributed by atoms with Crippen molar-refractivity contribution in [2.24, 2.45) is 5.92 Å². The van der Waals surface area contributed by atoms with Crippen molar-refractivity contribution < 1.29 is 13.2 Å². The van der Waals surface area contributed by atoms with Crippen LogP contribution < -0.4 is 0 Å². The van der Waals surface area contributed by atoms with Gasteiger partial charge in [-0.3, -0.25) is 4.79 Å². The van der Waals surface area contributed by atoms with Gasteiger partial charge in [-0.2, -0.15) is 0 Å². The summed E-state index contributed by atoms with van der Waals surface area (Å²) in [6, 6.07) is 14.3. The van der Waals surface area contributed by atoms with Gasteiger partial charge in [-0.15, -0.1) is 0 Å². The fraction of sp³-hybridized carbons (Fsp3) is 0.450. The van der Waals surface area contributed by atoms with Crippen LogP contribution in [0.5, 0.6) is 0 Å². The van der Waals surface area contributed by atoms with E-state index in [1.807, 2.05) is 25.2 Å². The van der Waals surface area contributed by atoms with Gasteiger partial charge in [0, 0.05) is 32.6 Å². The molecule has 0 saturated carbocycles. The third kappa shape index (κ3) is 3.91. The van der Waals surface area contributed by atoms with Crippen LogP contribution >= 0.6 is 0 Å². The van der Waals surface area contributed by atoms with Crippen molar-refractivity contribution in [1.29, 1.82) is 0 Å². The van der Waals surface area contributed by atoms with Crippen LogP contribution in [0, 0.1) is 5.92 Å². The molecule has 0 spiro atoms. The minimum Gasteiger partial charge on any atom is -0.341 e. The van der Waals surface area contributed by atoms with Crippen molar-refractivity contribution in [2.75, 3.05) is 25.9 Å². The van der Waals surface area contributed by atoms with E-state index in [1.165, 1.54) is 15.1 Å². The predicted octanol–water partition coefficient (Wildman–Crippen LogP) is 2.86. The zero-order valence-electron chi connectivity index (χ0n) is 15.4. The topological polar surface area (TPSA) is 57.7 Å². The smallest absolute Gasteiger partial charge is 0.225 e. The number of amides is 1. The summed E-state index contributed by atoms with van der Waals surface area (Å²) >= 11 is 0. The minimum absolute atomic E-state index is 0.0988. The summed E-state index contributed by atoms with van der Waals surface area (Å²) in [4.78, 5) is 14.6. The van der Waals surface area contributed by atoms with E-state index in [0.717, 1.165) is 5.56 Å². The van der Waals surface area contributed by atoms with E-state index in [0.29, 0.717) is 32.5 Å². The number of hydrogen-bond donors (Lipinski definition) is 0. The summed E-state index contributed by atoms with van der Waals surface area (Å²) in [5.74, 6) is 0.122. The number of fused-ring (bicyclic) bond motifs is 1. The Morgan fingerprint density at radius 1 is 1.12 bits per heavy atom. The third-order valence-electron chi connectivity index (χ3n) is 5.23. The molecular formula is C20H26N2O3S. The second-order valence-electron chi connectivity index (χ2n) is 6.91. The van der Waals surface area contributed by atoms with Gasteiger partial charge in [-0.25, -0.2) is 12.7 Å². The van der Waals surface area contributed by atoms with E-state index in [4.69, 9.17) is 0 Å². The van der Waals surface area contributed by atoms with Gasteiger partial charge in [0.25, 0.3) is 0 Å². The Bertz CT molecular complexity index is 882. The molecule has 140 valence electrons. The van der Waals surface area contributed by atoms with Gasteiger partial charge >= 0.3 is 0 Å². The minimum atomic E-state index is -3.16. The van der Waals surface area contributed by atoms with Crippen molar-refractivity contribution in [2.45, 2.75) is 26.3 Å². The number of hydrogen-bond acceptors (Lipinski definition) is 3. The molecule has 0 N–H and O–H groups in total. The molecule has 0 atom stereocenters. The van der Waals surface area contributed by atoms with E-state index >= 15 is 0 Å². The predicted molar refractivity (Wildman–Crippen MR) is 104 cm³/mol. The highest BCUT2D eigenvalue weighted by Crippen LogP contribution is 2.24. The number of piperidine rings is 1. The molecule has 1 heterocycles. The van der Waals surface area contributed by atoms with Gasteiger partial charge < -0.3 is 4.90 Å². The summed E-state index contributed by atoms with van der Waals surface area (Å²) < 4.78 is 25.4. The zero-order valence-corrected chi connectivity index (χ0v) is 16.2. The molecule has 26 heavy (non-hydrogen) atoms. The van der Waals surface area contributed by atoms with E-state index < -0.39 is 10.0 Å². The lowest BCUT2D eigenvalue weighted by Gasteiger charge is -2.32. The number of carbonyl (C=O) groups is 1. The maximum absolute atomic E-state index is 12.8. The van der Waals surface area contributed by atoms with Crippen LogP contribution in [0.4, 0.5) is 0 Å². The number of sulfonamides is 1.